The molecule has 0 heterocycles. The van der Waals surface area contributed by atoms with Gasteiger partial charge in [-0.1, -0.05) is 61.9 Å². The number of benzene rings is 2. The second-order valence-corrected chi connectivity index (χ2v) is 8.42. The van der Waals surface area contributed by atoms with E-state index in [1.807, 2.05) is 36.4 Å². The average Bonchev–Trinajstić information content (AvgIpc) is 3.38. The summed E-state index contributed by atoms with van der Waals surface area (Å²) in [4.78, 5) is 36.5. The van der Waals surface area contributed by atoms with E-state index in [-0.39, 0.29) is 18.4 Å². The molecule has 2 aliphatic carbocycles. The molecule has 3 atom stereocenters. The van der Waals surface area contributed by atoms with Gasteiger partial charge in [0.25, 0.3) is 0 Å². The van der Waals surface area contributed by atoms with Crippen molar-refractivity contribution in [2.24, 2.45) is 5.92 Å². The van der Waals surface area contributed by atoms with Gasteiger partial charge in [0.2, 0.25) is 5.91 Å². The van der Waals surface area contributed by atoms with Gasteiger partial charge in [0.05, 0.1) is 5.92 Å². The number of hydrogen-bond acceptors (Lipinski definition) is 4. The van der Waals surface area contributed by atoms with Crippen LogP contribution in [0.5, 0.6) is 0 Å². The highest BCUT2D eigenvalue weighted by molar-refractivity contribution is 5.86. The van der Waals surface area contributed by atoms with Crippen molar-refractivity contribution in [3.8, 4) is 11.1 Å². The van der Waals surface area contributed by atoms with Crippen LogP contribution < -0.4 is 10.6 Å². The number of nitrogens with one attached hydrogen (secondary N) is 2. The normalized spacial score (nSPS) is 20.2. The van der Waals surface area contributed by atoms with E-state index in [2.05, 4.69) is 22.8 Å². The molecule has 2 amide bonds. The Kier molecular flexibility index (Phi) is 6.44. The molecule has 0 radical (unpaired) electrons. The lowest BCUT2D eigenvalue weighted by Crippen LogP contribution is -2.51. The van der Waals surface area contributed by atoms with Gasteiger partial charge >= 0.3 is 12.1 Å². The summed E-state index contributed by atoms with van der Waals surface area (Å²) in [6, 6.07) is 15.0. The largest absolute Gasteiger partial charge is 0.481 e. The van der Waals surface area contributed by atoms with Gasteiger partial charge in [-0.05, 0) is 41.5 Å². The molecule has 7 heteroatoms. The van der Waals surface area contributed by atoms with E-state index in [4.69, 9.17) is 4.74 Å². The highest BCUT2D eigenvalue weighted by atomic mass is 16.5. The van der Waals surface area contributed by atoms with Crippen LogP contribution >= 0.6 is 0 Å². The number of ether oxygens (including phenoxy) is 1. The number of fused-ring (bicyclic) bond motifs is 3. The maximum atomic E-state index is 12.6. The van der Waals surface area contributed by atoms with Gasteiger partial charge in [0.1, 0.15) is 12.6 Å². The number of carbonyl (C=O) groups is 3. The molecule has 2 aliphatic rings. The lowest BCUT2D eigenvalue weighted by Gasteiger charge is -2.22. The third-order valence-electron chi connectivity index (χ3n) is 6.52. The average molecular weight is 437 g/mol. The summed E-state index contributed by atoms with van der Waals surface area (Å²) in [6.07, 6.45) is 1.66. The fraction of sp³-hybridized carbons (Fsp3) is 0.400. The zero-order chi connectivity index (χ0) is 22.7. The minimum absolute atomic E-state index is 0.0585. The van der Waals surface area contributed by atoms with Crippen LogP contribution in [-0.2, 0) is 14.3 Å². The molecular formula is C25H28N2O5. The number of hydrogen-bond donors (Lipinski definition) is 3. The molecule has 7 nitrogen and oxygen atoms in total. The van der Waals surface area contributed by atoms with Crippen LogP contribution in [0.25, 0.3) is 11.1 Å². The summed E-state index contributed by atoms with van der Waals surface area (Å²) in [6.45, 7) is 1.96. The molecule has 3 N–H and O–H groups in total. The summed E-state index contributed by atoms with van der Waals surface area (Å²) < 4.78 is 5.53. The van der Waals surface area contributed by atoms with Crippen LogP contribution in [0.3, 0.4) is 0 Å². The maximum Gasteiger partial charge on any atom is 0.407 e. The Bertz CT molecular complexity index is 975. The number of rotatable bonds is 7. The van der Waals surface area contributed by atoms with Gasteiger partial charge in [0, 0.05) is 12.0 Å². The molecule has 2 aromatic carbocycles. The molecule has 0 aromatic heterocycles. The first-order valence-corrected chi connectivity index (χ1v) is 11.1. The molecule has 1 saturated carbocycles. The molecule has 0 spiro atoms. The highest BCUT2D eigenvalue weighted by Gasteiger charge is 2.35. The Labute approximate surface area is 187 Å². The van der Waals surface area contributed by atoms with Crippen LogP contribution in [-0.4, -0.2) is 41.8 Å². The lowest BCUT2D eigenvalue weighted by atomic mass is 9.98. The summed E-state index contributed by atoms with van der Waals surface area (Å²) in [5.41, 5.74) is 4.53. The van der Waals surface area contributed by atoms with Crippen LogP contribution in [0.1, 0.15) is 49.7 Å². The first-order chi connectivity index (χ1) is 15.5. The summed E-state index contributed by atoms with van der Waals surface area (Å²) in [5.74, 6) is -1.91. The van der Waals surface area contributed by atoms with E-state index in [1.165, 1.54) is 0 Å². The molecule has 4 rings (SSSR count). The van der Waals surface area contributed by atoms with E-state index >= 15 is 0 Å². The lowest BCUT2D eigenvalue weighted by molar-refractivity contribution is -0.142. The molecule has 2 aromatic rings. The van der Waals surface area contributed by atoms with E-state index in [9.17, 15) is 19.5 Å². The first-order valence-electron chi connectivity index (χ1n) is 11.1. The van der Waals surface area contributed by atoms with Gasteiger partial charge < -0.3 is 20.5 Å². The second-order valence-electron chi connectivity index (χ2n) is 8.42. The Morgan fingerprint density at radius 3 is 2.25 bits per heavy atom. The third-order valence-corrected chi connectivity index (χ3v) is 6.52. The Morgan fingerprint density at radius 2 is 1.66 bits per heavy atom. The maximum absolute atomic E-state index is 12.6. The molecule has 168 valence electrons. The zero-order valence-corrected chi connectivity index (χ0v) is 18.0. The molecule has 0 saturated heterocycles. The number of carboxylic acid groups (broad SMARTS) is 1. The number of carboxylic acids is 1. The molecule has 0 unspecified atom stereocenters. The van der Waals surface area contributed by atoms with Crippen LogP contribution in [0.15, 0.2) is 48.5 Å². The van der Waals surface area contributed by atoms with Crippen molar-refractivity contribution >= 4 is 18.0 Å². The first kappa shape index (κ1) is 21.9. The van der Waals surface area contributed by atoms with E-state index in [1.54, 1.807) is 6.92 Å². The summed E-state index contributed by atoms with van der Waals surface area (Å²) >= 11 is 0. The number of alkyl carbamates (subject to hydrolysis) is 1. The Balaban J connectivity index is 1.36. The van der Waals surface area contributed by atoms with Crippen molar-refractivity contribution in [1.82, 2.24) is 10.6 Å². The Morgan fingerprint density at radius 1 is 1.03 bits per heavy atom. The van der Waals surface area contributed by atoms with Crippen LogP contribution in [0.4, 0.5) is 4.79 Å². The van der Waals surface area contributed by atoms with Gasteiger partial charge in [-0.25, -0.2) is 4.79 Å². The predicted octanol–water partition coefficient (Wildman–Crippen LogP) is 3.67. The smallest absolute Gasteiger partial charge is 0.407 e. The van der Waals surface area contributed by atoms with Crippen LogP contribution in [0, 0.1) is 5.92 Å². The van der Waals surface area contributed by atoms with E-state index in [0.717, 1.165) is 28.7 Å². The minimum Gasteiger partial charge on any atom is -0.481 e. The number of amides is 2. The number of carbonyl (C=O) groups excluding carboxylic acids is 2. The van der Waals surface area contributed by atoms with Crippen molar-refractivity contribution in [2.75, 3.05) is 6.61 Å². The Hall–Kier alpha value is -3.35. The van der Waals surface area contributed by atoms with Gasteiger partial charge in [-0.2, -0.15) is 0 Å². The van der Waals surface area contributed by atoms with Crippen molar-refractivity contribution in [2.45, 2.75) is 50.6 Å². The summed E-state index contributed by atoms with van der Waals surface area (Å²) in [5, 5.41) is 14.7. The molecular weight excluding hydrogens is 408 g/mol. The second kappa shape index (κ2) is 9.42. The fourth-order valence-corrected chi connectivity index (χ4v) is 4.85. The van der Waals surface area contributed by atoms with Crippen molar-refractivity contribution in [3.63, 3.8) is 0 Å². The SMILES string of the molecule is CC[C@@H](NC(=O)OCC1c2ccccc2-c2ccccc21)C(=O)N[C@H]1CCC[C@H]1C(=O)O. The molecule has 1 fully saturated rings. The van der Waals surface area contributed by atoms with Gasteiger partial charge in [-0.3, -0.25) is 9.59 Å². The zero-order valence-electron chi connectivity index (χ0n) is 18.0. The van der Waals surface area contributed by atoms with Gasteiger partial charge in [0.15, 0.2) is 0 Å². The minimum atomic E-state index is -0.898. The molecule has 0 aliphatic heterocycles. The van der Waals surface area contributed by atoms with E-state index in [0.29, 0.717) is 19.3 Å². The van der Waals surface area contributed by atoms with Gasteiger partial charge in [-0.15, -0.1) is 0 Å². The quantitative estimate of drug-likeness (QED) is 0.614. The predicted molar refractivity (Wildman–Crippen MR) is 119 cm³/mol. The van der Waals surface area contributed by atoms with E-state index < -0.39 is 30.1 Å². The molecule has 32 heavy (non-hydrogen) atoms. The third kappa shape index (κ3) is 4.33. The van der Waals surface area contributed by atoms with Crippen molar-refractivity contribution in [3.05, 3.63) is 59.7 Å². The topological polar surface area (TPSA) is 105 Å². The highest BCUT2D eigenvalue weighted by Crippen LogP contribution is 2.44. The van der Waals surface area contributed by atoms with Crippen molar-refractivity contribution < 1.29 is 24.2 Å². The summed E-state index contributed by atoms with van der Waals surface area (Å²) in [7, 11) is 0. The number of aliphatic carboxylic acids is 1. The molecule has 0 bridgehead atoms. The van der Waals surface area contributed by atoms with Crippen molar-refractivity contribution in [1.29, 1.82) is 0 Å². The monoisotopic (exact) mass is 436 g/mol. The van der Waals surface area contributed by atoms with Crippen LogP contribution in [0.2, 0.25) is 0 Å². The fourth-order valence-electron chi connectivity index (χ4n) is 4.85. The standard InChI is InChI=1S/C25H28N2O5/c1-2-21(23(28)26-22-13-7-12-19(22)24(29)30)27-25(31)32-14-20-17-10-5-3-8-15(17)16-9-4-6-11-18(16)20/h3-6,8-11,19-22H,2,7,12-14H2,1H3,(H,26,28)(H,27,31)(H,29,30)/t19-,21-,22+/m1/s1.